The van der Waals surface area contributed by atoms with Gasteiger partial charge in [-0.2, -0.15) is 0 Å². The second-order valence-electron chi connectivity index (χ2n) is 5.12. The highest BCUT2D eigenvalue weighted by molar-refractivity contribution is 5.81. The Morgan fingerprint density at radius 1 is 1.16 bits per heavy atom. The van der Waals surface area contributed by atoms with Crippen LogP contribution in [0.1, 0.15) is 45.1 Å². The van der Waals surface area contributed by atoms with Gasteiger partial charge in [-0.1, -0.05) is 51.0 Å². The lowest BCUT2D eigenvalue weighted by Crippen LogP contribution is -2.27. The Morgan fingerprint density at radius 3 is 2.79 bits per heavy atom. The van der Waals surface area contributed by atoms with E-state index >= 15 is 0 Å². The van der Waals surface area contributed by atoms with E-state index in [2.05, 4.69) is 48.4 Å². The third kappa shape index (κ3) is 3.77. The molecule has 0 aliphatic rings. The molecule has 2 aromatic rings. The molecule has 0 fully saturated rings. The molecule has 1 unspecified atom stereocenters. The zero-order valence-corrected chi connectivity index (χ0v) is 12.0. The van der Waals surface area contributed by atoms with Gasteiger partial charge in [0.2, 0.25) is 0 Å². The van der Waals surface area contributed by atoms with Crippen molar-refractivity contribution in [3.05, 3.63) is 42.1 Å². The van der Waals surface area contributed by atoms with Crippen molar-refractivity contribution >= 4 is 10.9 Å². The third-order valence-corrected chi connectivity index (χ3v) is 3.70. The van der Waals surface area contributed by atoms with Gasteiger partial charge in [0.1, 0.15) is 0 Å². The van der Waals surface area contributed by atoms with Gasteiger partial charge >= 0.3 is 0 Å². The van der Waals surface area contributed by atoms with Crippen molar-refractivity contribution in [1.82, 2.24) is 10.3 Å². The van der Waals surface area contributed by atoms with Crippen molar-refractivity contribution in [2.24, 2.45) is 0 Å². The van der Waals surface area contributed by atoms with E-state index in [-0.39, 0.29) is 0 Å². The van der Waals surface area contributed by atoms with Crippen molar-refractivity contribution in [1.29, 1.82) is 0 Å². The maximum atomic E-state index is 4.51. The Morgan fingerprint density at radius 2 is 2.00 bits per heavy atom. The molecule has 1 atom stereocenters. The second kappa shape index (κ2) is 7.25. The van der Waals surface area contributed by atoms with Crippen LogP contribution >= 0.6 is 0 Å². The molecule has 0 aliphatic heterocycles. The highest BCUT2D eigenvalue weighted by Gasteiger charge is 2.07. The molecule has 2 rings (SSSR count). The van der Waals surface area contributed by atoms with E-state index in [9.17, 15) is 0 Å². The summed E-state index contributed by atoms with van der Waals surface area (Å²) in [6.07, 6.45) is 6.91. The summed E-state index contributed by atoms with van der Waals surface area (Å²) in [5.74, 6) is 0. The SMILES string of the molecule is CCCCC(CC)NCc1cccc2cccnc12. The van der Waals surface area contributed by atoms with Crippen LogP contribution in [0.3, 0.4) is 0 Å². The fourth-order valence-corrected chi connectivity index (χ4v) is 2.47. The number of fused-ring (bicyclic) bond motifs is 1. The molecule has 102 valence electrons. The fourth-order valence-electron chi connectivity index (χ4n) is 2.47. The molecule has 2 nitrogen and oxygen atoms in total. The smallest absolute Gasteiger partial charge is 0.0746 e. The highest BCUT2D eigenvalue weighted by Crippen LogP contribution is 2.16. The van der Waals surface area contributed by atoms with Gasteiger partial charge in [0.15, 0.2) is 0 Å². The van der Waals surface area contributed by atoms with Crippen LogP contribution in [0.2, 0.25) is 0 Å². The number of hydrogen-bond acceptors (Lipinski definition) is 2. The first-order valence-electron chi connectivity index (χ1n) is 7.41. The van der Waals surface area contributed by atoms with Crippen LogP contribution in [0, 0.1) is 0 Å². The van der Waals surface area contributed by atoms with Crippen molar-refractivity contribution in [2.45, 2.75) is 52.1 Å². The molecule has 1 aromatic carbocycles. The van der Waals surface area contributed by atoms with Gasteiger partial charge in [0.25, 0.3) is 0 Å². The van der Waals surface area contributed by atoms with E-state index in [0.717, 1.165) is 12.1 Å². The monoisotopic (exact) mass is 256 g/mol. The van der Waals surface area contributed by atoms with Crippen molar-refractivity contribution in [2.75, 3.05) is 0 Å². The van der Waals surface area contributed by atoms with Crippen LogP contribution in [-0.2, 0) is 6.54 Å². The van der Waals surface area contributed by atoms with Crippen molar-refractivity contribution < 1.29 is 0 Å². The molecule has 0 saturated carbocycles. The normalized spacial score (nSPS) is 12.7. The van der Waals surface area contributed by atoms with Gasteiger partial charge in [0.05, 0.1) is 5.52 Å². The second-order valence-corrected chi connectivity index (χ2v) is 5.12. The summed E-state index contributed by atoms with van der Waals surface area (Å²) in [7, 11) is 0. The molecule has 19 heavy (non-hydrogen) atoms. The molecule has 0 amide bonds. The van der Waals surface area contributed by atoms with E-state index in [0.29, 0.717) is 6.04 Å². The molecule has 1 N–H and O–H groups in total. The summed E-state index contributed by atoms with van der Waals surface area (Å²) in [6, 6.07) is 11.2. The Balaban J connectivity index is 2.04. The molecule has 0 bridgehead atoms. The van der Waals surface area contributed by atoms with Crippen LogP contribution in [0.5, 0.6) is 0 Å². The Bertz CT molecular complexity index is 502. The minimum absolute atomic E-state index is 0.624. The summed E-state index contributed by atoms with van der Waals surface area (Å²) in [6.45, 7) is 5.42. The average molecular weight is 256 g/mol. The average Bonchev–Trinajstić information content (AvgIpc) is 2.47. The number of para-hydroxylation sites is 1. The Kier molecular flexibility index (Phi) is 5.34. The van der Waals surface area contributed by atoms with Gasteiger partial charge in [-0.05, 0) is 24.5 Å². The van der Waals surface area contributed by atoms with Crippen molar-refractivity contribution in [3.63, 3.8) is 0 Å². The summed E-state index contributed by atoms with van der Waals surface area (Å²) in [4.78, 5) is 4.51. The van der Waals surface area contributed by atoms with Crippen LogP contribution in [0.25, 0.3) is 10.9 Å². The number of aromatic nitrogens is 1. The van der Waals surface area contributed by atoms with Gasteiger partial charge in [-0.3, -0.25) is 4.98 Å². The van der Waals surface area contributed by atoms with Crippen LogP contribution in [0.4, 0.5) is 0 Å². The summed E-state index contributed by atoms with van der Waals surface area (Å²) < 4.78 is 0. The molecule has 2 heteroatoms. The molecule has 0 spiro atoms. The zero-order chi connectivity index (χ0) is 13.5. The third-order valence-electron chi connectivity index (χ3n) is 3.70. The standard InChI is InChI=1S/C17H24N2/c1-3-5-11-16(4-2)19-13-15-9-6-8-14-10-7-12-18-17(14)15/h6-10,12,16,19H,3-5,11,13H2,1-2H3. The van der Waals surface area contributed by atoms with Gasteiger partial charge in [-0.25, -0.2) is 0 Å². The zero-order valence-electron chi connectivity index (χ0n) is 12.0. The molecule has 0 saturated heterocycles. The summed E-state index contributed by atoms with van der Waals surface area (Å²) >= 11 is 0. The lowest BCUT2D eigenvalue weighted by molar-refractivity contribution is 0.452. The Labute approximate surface area is 116 Å². The first-order chi connectivity index (χ1) is 9.35. The molecular weight excluding hydrogens is 232 g/mol. The topological polar surface area (TPSA) is 24.9 Å². The first-order valence-corrected chi connectivity index (χ1v) is 7.41. The number of nitrogens with one attached hydrogen (secondary N) is 1. The molecule has 1 heterocycles. The van der Waals surface area contributed by atoms with E-state index in [1.165, 1.54) is 36.6 Å². The Hall–Kier alpha value is -1.41. The quantitative estimate of drug-likeness (QED) is 0.799. The molecular formula is C17H24N2. The van der Waals surface area contributed by atoms with Crippen LogP contribution in [0.15, 0.2) is 36.5 Å². The van der Waals surface area contributed by atoms with E-state index < -0.39 is 0 Å². The molecule has 1 aromatic heterocycles. The van der Waals surface area contributed by atoms with Gasteiger partial charge in [0, 0.05) is 24.2 Å². The van der Waals surface area contributed by atoms with E-state index in [4.69, 9.17) is 0 Å². The number of nitrogens with zero attached hydrogens (tertiary/aromatic N) is 1. The van der Waals surface area contributed by atoms with Crippen LogP contribution in [-0.4, -0.2) is 11.0 Å². The van der Waals surface area contributed by atoms with E-state index in [1.807, 2.05) is 12.3 Å². The van der Waals surface area contributed by atoms with Gasteiger partial charge in [-0.15, -0.1) is 0 Å². The number of pyridine rings is 1. The van der Waals surface area contributed by atoms with E-state index in [1.54, 1.807) is 0 Å². The summed E-state index contributed by atoms with van der Waals surface area (Å²) in [5, 5.41) is 4.90. The fraction of sp³-hybridized carbons (Fsp3) is 0.471. The number of rotatable bonds is 7. The largest absolute Gasteiger partial charge is 0.310 e. The summed E-state index contributed by atoms with van der Waals surface area (Å²) in [5.41, 5.74) is 2.43. The lowest BCUT2D eigenvalue weighted by atomic mass is 10.1. The maximum Gasteiger partial charge on any atom is 0.0746 e. The minimum atomic E-state index is 0.624. The first kappa shape index (κ1) is 14.0. The number of benzene rings is 1. The van der Waals surface area contributed by atoms with Crippen molar-refractivity contribution in [3.8, 4) is 0 Å². The minimum Gasteiger partial charge on any atom is -0.310 e. The molecule has 0 radical (unpaired) electrons. The lowest BCUT2D eigenvalue weighted by Gasteiger charge is -2.17. The van der Waals surface area contributed by atoms with Gasteiger partial charge < -0.3 is 5.32 Å². The predicted molar refractivity (Wildman–Crippen MR) is 82.2 cm³/mol. The van der Waals surface area contributed by atoms with Crippen LogP contribution < -0.4 is 5.32 Å². The maximum absolute atomic E-state index is 4.51. The number of hydrogen-bond donors (Lipinski definition) is 1. The molecule has 0 aliphatic carbocycles. The number of unbranched alkanes of at least 4 members (excludes halogenated alkanes) is 1. The highest BCUT2D eigenvalue weighted by atomic mass is 14.9. The predicted octanol–water partition coefficient (Wildman–Crippen LogP) is 4.29.